The number of benzene rings is 3. The van der Waals surface area contributed by atoms with Crippen LogP contribution in [0.2, 0.25) is 5.02 Å². The molecule has 0 unspecified atom stereocenters. The fraction of sp³-hybridized carbons (Fsp3) is 0.161. The van der Waals surface area contributed by atoms with E-state index in [9.17, 15) is 4.79 Å². The Morgan fingerprint density at radius 2 is 1.70 bits per heavy atom. The van der Waals surface area contributed by atoms with Gasteiger partial charge >= 0.3 is 0 Å². The molecule has 0 radical (unpaired) electrons. The van der Waals surface area contributed by atoms with Crippen LogP contribution >= 0.6 is 11.6 Å². The standard InChI is InChI=1S/C31H27ClN2O3/c1-18(2)21-9-12-29-27(16-21)34-31(37-29)23-8-6-20(4)26(17-23)33-30(35)14-11-24-10-13-28(36-24)22-7-5-19(3)25(32)15-22/h5-18H,1-4H3,(H,33,35)/b14-11+. The molecule has 1 amide bonds. The van der Waals surface area contributed by atoms with Crippen LogP contribution in [0.3, 0.4) is 0 Å². The summed E-state index contributed by atoms with van der Waals surface area (Å²) in [4.78, 5) is 17.4. The zero-order chi connectivity index (χ0) is 26.1. The minimum Gasteiger partial charge on any atom is -0.457 e. The van der Waals surface area contributed by atoms with Crippen LogP contribution in [0.1, 0.15) is 42.2 Å². The van der Waals surface area contributed by atoms with Gasteiger partial charge in [-0.3, -0.25) is 4.79 Å². The Morgan fingerprint density at radius 3 is 2.49 bits per heavy atom. The monoisotopic (exact) mass is 510 g/mol. The Kier molecular flexibility index (Phi) is 6.72. The maximum atomic E-state index is 12.7. The van der Waals surface area contributed by atoms with E-state index in [0.717, 1.165) is 33.4 Å². The fourth-order valence-electron chi connectivity index (χ4n) is 3.99. The van der Waals surface area contributed by atoms with Crippen LogP contribution in [0.5, 0.6) is 0 Å². The molecule has 5 rings (SSSR count). The normalized spacial score (nSPS) is 11.6. The number of anilines is 1. The summed E-state index contributed by atoms with van der Waals surface area (Å²) in [5, 5.41) is 3.63. The predicted molar refractivity (Wildman–Crippen MR) is 150 cm³/mol. The molecule has 37 heavy (non-hydrogen) atoms. The van der Waals surface area contributed by atoms with Crippen molar-refractivity contribution in [3.63, 3.8) is 0 Å². The van der Waals surface area contributed by atoms with Crippen molar-refractivity contribution in [1.29, 1.82) is 0 Å². The van der Waals surface area contributed by atoms with Crippen molar-refractivity contribution < 1.29 is 13.6 Å². The number of nitrogens with one attached hydrogen (secondary N) is 1. The van der Waals surface area contributed by atoms with Gasteiger partial charge in [0, 0.05) is 27.9 Å². The summed E-state index contributed by atoms with van der Waals surface area (Å²) in [5.74, 6) is 1.91. The number of furan rings is 1. The molecule has 0 spiro atoms. The summed E-state index contributed by atoms with van der Waals surface area (Å²) in [5.41, 5.74) is 7.06. The minimum atomic E-state index is -0.268. The van der Waals surface area contributed by atoms with Crippen LogP contribution in [0.4, 0.5) is 5.69 Å². The fourth-order valence-corrected chi connectivity index (χ4v) is 4.17. The van der Waals surface area contributed by atoms with Crippen molar-refractivity contribution in [2.75, 3.05) is 5.32 Å². The molecule has 5 nitrogen and oxygen atoms in total. The molecule has 6 heteroatoms. The Bertz CT molecular complexity index is 1640. The topological polar surface area (TPSA) is 68.3 Å². The molecule has 0 fully saturated rings. The van der Waals surface area contributed by atoms with Crippen molar-refractivity contribution in [1.82, 2.24) is 4.98 Å². The van der Waals surface area contributed by atoms with E-state index >= 15 is 0 Å². The van der Waals surface area contributed by atoms with Crippen molar-refractivity contribution in [3.05, 3.63) is 100 Å². The van der Waals surface area contributed by atoms with Crippen LogP contribution < -0.4 is 5.32 Å². The second kappa shape index (κ2) is 10.1. The van der Waals surface area contributed by atoms with Gasteiger partial charge in [0.2, 0.25) is 11.8 Å². The molecule has 3 aromatic carbocycles. The first-order chi connectivity index (χ1) is 17.8. The molecule has 0 aliphatic carbocycles. The SMILES string of the molecule is Cc1ccc(-c2ccc(/C=C/C(=O)Nc3cc(-c4nc5cc(C(C)C)ccc5o4)ccc3C)o2)cc1Cl. The van der Waals surface area contributed by atoms with Crippen molar-refractivity contribution in [3.8, 4) is 22.8 Å². The molecule has 186 valence electrons. The molecule has 0 saturated carbocycles. The van der Waals surface area contributed by atoms with Gasteiger partial charge in [-0.25, -0.2) is 4.98 Å². The number of halogens is 1. The van der Waals surface area contributed by atoms with E-state index in [0.29, 0.717) is 34.0 Å². The first-order valence-electron chi connectivity index (χ1n) is 12.1. The number of nitrogens with zero attached hydrogens (tertiary/aromatic N) is 1. The highest BCUT2D eigenvalue weighted by molar-refractivity contribution is 6.31. The van der Waals surface area contributed by atoms with E-state index in [2.05, 4.69) is 36.3 Å². The van der Waals surface area contributed by atoms with Crippen molar-refractivity contribution in [2.45, 2.75) is 33.6 Å². The third-order valence-corrected chi connectivity index (χ3v) is 6.71. The maximum Gasteiger partial charge on any atom is 0.248 e. The lowest BCUT2D eigenvalue weighted by Crippen LogP contribution is -2.09. The second-order valence-electron chi connectivity index (χ2n) is 9.42. The quantitative estimate of drug-likeness (QED) is 0.232. The number of fused-ring (bicyclic) bond motifs is 1. The van der Waals surface area contributed by atoms with Gasteiger partial charge in [0.05, 0.1) is 0 Å². The van der Waals surface area contributed by atoms with E-state index < -0.39 is 0 Å². The number of oxazole rings is 1. The van der Waals surface area contributed by atoms with Gasteiger partial charge in [-0.2, -0.15) is 0 Å². The van der Waals surface area contributed by atoms with E-state index in [4.69, 9.17) is 20.4 Å². The Balaban J connectivity index is 1.31. The van der Waals surface area contributed by atoms with Crippen LogP contribution in [0.25, 0.3) is 40.0 Å². The number of carbonyl (C=O) groups is 1. The third kappa shape index (κ3) is 5.37. The van der Waals surface area contributed by atoms with Crippen LogP contribution in [0.15, 0.2) is 81.6 Å². The second-order valence-corrected chi connectivity index (χ2v) is 9.83. The zero-order valence-electron chi connectivity index (χ0n) is 21.1. The molecule has 0 saturated heterocycles. The average Bonchev–Trinajstić information content (AvgIpc) is 3.52. The number of hydrogen-bond donors (Lipinski definition) is 1. The van der Waals surface area contributed by atoms with Gasteiger partial charge in [0.15, 0.2) is 5.58 Å². The molecular formula is C31H27ClN2O3. The molecule has 5 aromatic rings. The highest BCUT2D eigenvalue weighted by Crippen LogP contribution is 2.30. The highest BCUT2D eigenvalue weighted by atomic mass is 35.5. The highest BCUT2D eigenvalue weighted by Gasteiger charge is 2.13. The molecule has 2 aromatic heterocycles. The van der Waals surface area contributed by atoms with Gasteiger partial charge < -0.3 is 14.2 Å². The van der Waals surface area contributed by atoms with Gasteiger partial charge in [0.1, 0.15) is 17.0 Å². The summed E-state index contributed by atoms with van der Waals surface area (Å²) in [6, 6.07) is 21.3. The van der Waals surface area contributed by atoms with E-state index in [1.54, 1.807) is 6.08 Å². The largest absolute Gasteiger partial charge is 0.457 e. The smallest absolute Gasteiger partial charge is 0.248 e. The predicted octanol–water partition coefficient (Wildman–Crippen LogP) is 8.80. The summed E-state index contributed by atoms with van der Waals surface area (Å²) in [6.07, 6.45) is 3.09. The number of aryl methyl sites for hydroxylation is 2. The summed E-state index contributed by atoms with van der Waals surface area (Å²) < 4.78 is 11.9. The molecule has 1 N–H and O–H groups in total. The van der Waals surface area contributed by atoms with Gasteiger partial charge in [-0.15, -0.1) is 0 Å². The number of rotatable bonds is 6. The first-order valence-corrected chi connectivity index (χ1v) is 12.5. The summed E-state index contributed by atoms with van der Waals surface area (Å²) in [7, 11) is 0. The van der Waals surface area contributed by atoms with Crippen molar-refractivity contribution >= 4 is 40.4 Å². The van der Waals surface area contributed by atoms with E-state index in [-0.39, 0.29) is 5.91 Å². The number of carbonyl (C=O) groups excluding carboxylic acids is 1. The third-order valence-electron chi connectivity index (χ3n) is 6.30. The van der Waals surface area contributed by atoms with Crippen molar-refractivity contribution in [2.24, 2.45) is 0 Å². The van der Waals surface area contributed by atoms with Gasteiger partial charge in [-0.05, 0) is 85.0 Å². The molecule has 0 aliphatic heterocycles. The van der Waals surface area contributed by atoms with Gasteiger partial charge in [-0.1, -0.05) is 49.7 Å². The number of hydrogen-bond acceptors (Lipinski definition) is 4. The van der Waals surface area contributed by atoms with E-state index in [1.165, 1.54) is 11.6 Å². The van der Waals surface area contributed by atoms with E-state index in [1.807, 2.05) is 68.4 Å². The lowest BCUT2D eigenvalue weighted by Gasteiger charge is -2.07. The maximum absolute atomic E-state index is 12.7. The van der Waals surface area contributed by atoms with Crippen LogP contribution in [0, 0.1) is 13.8 Å². The molecule has 0 aliphatic rings. The number of amides is 1. The lowest BCUT2D eigenvalue weighted by atomic mass is 10.0. The zero-order valence-corrected chi connectivity index (χ0v) is 21.9. The molecule has 2 heterocycles. The first kappa shape index (κ1) is 24.6. The molecule has 0 atom stereocenters. The Morgan fingerprint density at radius 1 is 0.919 bits per heavy atom. The number of aromatic nitrogens is 1. The Labute approximate surface area is 220 Å². The minimum absolute atomic E-state index is 0.268. The van der Waals surface area contributed by atoms with Gasteiger partial charge in [0.25, 0.3) is 0 Å². The molecular weight excluding hydrogens is 484 g/mol. The van der Waals surface area contributed by atoms with Crippen LogP contribution in [-0.4, -0.2) is 10.9 Å². The summed E-state index contributed by atoms with van der Waals surface area (Å²) in [6.45, 7) is 8.19. The summed E-state index contributed by atoms with van der Waals surface area (Å²) >= 11 is 6.23. The lowest BCUT2D eigenvalue weighted by molar-refractivity contribution is -0.111. The Hall–Kier alpha value is -4.09. The average molecular weight is 511 g/mol. The van der Waals surface area contributed by atoms with Crippen LogP contribution in [-0.2, 0) is 4.79 Å². The molecule has 0 bridgehead atoms.